The molecule has 19 heavy (non-hydrogen) atoms. The molecule has 0 radical (unpaired) electrons. The van der Waals surface area contributed by atoms with Crippen LogP contribution in [0.4, 0.5) is 0 Å². The SMILES string of the molecule is CN(Cc1ccc(Cl)s1)C(=O)CSC[C@H](N)C(=O)O. The van der Waals surface area contributed by atoms with Crippen molar-refractivity contribution in [3.05, 3.63) is 21.3 Å². The minimum Gasteiger partial charge on any atom is -0.480 e. The van der Waals surface area contributed by atoms with E-state index >= 15 is 0 Å². The molecular formula is C11H15ClN2O3S2. The Bertz CT molecular complexity index is 453. The number of hydrogen-bond acceptors (Lipinski definition) is 5. The molecule has 1 atom stereocenters. The zero-order valence-electron chi connectivity index (χ0n) is 10.3. The van der Waals surface area contributed by atoms with Crippen LogP contribution in [0.15, 0.2) is 12.1 Å². The summed E-state index contributed by atoms with van der Waals surface area (Å²) in [6.45, 7) is 0.502. The number of hydrogen-bond donors (Lipinski definition) is 2. The van der Waals surface area contributed by atoms with Crippen LogP contribution in [-0.4, -0.2) is 46.5 Å². The van der Waals surface area contributed by atoms with E-state index in [2.05, 4.69) is 0 Å². The van der Waals surface area contributed by atoms with E-state index < -0.39 is 12.0 Å². The molecule has 0 saturated carbocycles. The van der Waals surface area contributed by atoms with Crippen molar-refractivity contribution in [3.8, 4) is 0 Å². The first-order chi connectivity index (χ1) is 8.90. The molecule has 0 spiro atoms. The van der Waals surface area contributed by atoms with E-state index in [-0.39, 0.29) is 17.4 Å². The topological polar surface area (TPSA) is 83.6 Å². The summed E-state index contributed by atoms with van der Waals surface area (Å²) in [5, 5.41) is 8.61. The Balaban J connectivity index is 2.31. The van der Waals surface area contributed by atoms with Gasteiger partial charge in [-0.3, -0.25) is 9.59 Å². The molecule has 1 heterocycles. The number of amides is 1. The fraction of sp³-hybridized carbons (Fsp3) is 0.455. The lowest BCUT2D eigenvalue weighted by Crippen LogP contribution is -2.33. The molecule has 106 valence electrons. The highest BCUT2D eigenvalue weighted by Gasteiger charge is 2.14. The number of aliphatic carboxylic acids is 1. The highest BCUT2D eigenvalue weighted by Crippen LogP contribution is 2.22. The Labute approximate surface area is 124 Å². The predicted molar refractivity (Wildman–Crippen MR) is 78.7 cm³/mol. The van der Waals surface area contributed by atoms with E-state index in [1.807, 2.05) is 6.07 Å². The highest BCUT2D eigenvalue weighted by molar-refractivity contribution is 8.00. The zero-order chi connectivity index (χ0) is 14.4. The molecule has 0 fully saturated rings. The predicted octanol–water partition coefficient (Wildman–Crippen LogP) is 1.51. The monoisotopic (exact) mass is 322 g/mol. The van der Waals surface area contributed by atoms with Crippen molar-refractivity contribution in [3.63, 3.8) is 0 Å². The van der Waals surface area contributed by atoms with Crippen molar-refractivity contribution in [1.29, 1.82) is 0 Å². The first kappa shape index (κ1) is 16.3. The molecule has 0 aliphatic carbocycles. The van der Waals surface area contributed by atoms with Crippen molar-refractivity contribution in [2.75, 3.05) is 18.6 Å². The maximum Gasteiger partial charge on any atom is 0.321 e. The van der Waals surface area contributed by atoms with E-state index in [1.54, 1.807) is 18.0 Å². The summed E-state index contributed by atoms with van der Waals surface area (Å²) in [5.41, 5.74) is 5.35. The molecule has 0 saturated heterocycles. The summed E-state index contributed by atoms with van der Waals surface area (Å²) in [5.74, 6) is -0.676. The van der Waals surface area contributed by atoms with Gasteiger partial charge in [-0.05, 0) is 12.1 Å². The number of carboxylic acid groups (broad SMARTS) is 1. The zero-order valence-corrected chi connectivity index (χ0v) is 12.7. The summed E-state index contributed by atoms with van der Waals surface area (Å²) in [7, 11) is 1.70. The third kappa shape index (κ3) is 5.82. The summed E-state index contributed by atoms with van der Waals surface area (Å²) in [6, 6.07) is 2.74. The number of thiophene rings is 1. The van der Waals surface area contributed by atoms with E-state index in [0.29, 0.717) is 10.9 Å². The quantitative estimate of drug-likeness (QED) is 0.795. The Morgan fingerprint density at radius 2 is 2.26 bits per heavy atom. The van der Waals surface area contributed by atoms with Crippen LogP contribution in [0.1, 0.15) is 4.88 Å². The lowest BCUT2D eigenvalue weighted by Gasteiger charge is -2.16. The van der Waals surface area contributed by atoms with Gasteiger partial charge in [0.1, 0.15) is 6.04 Å². The van der Waals surface area contributed by atoms with Crippen LogP contribution in [0.5, 0.6) is 0 Å². The molecule has 1 rings (SSSR count). The standard InChI is InChI=1S/C11H15ClN2O3S2/c1-14(4-7-2-3-9(12)19-7)10(15)6-18-5-8(13)11(16)17/h2-3,8H,4-6,13H2,1H3,(H,16,17)/t8-/m0/s1. The van der Waals surface area contributed by atoms with Gasteiger partial charge in [0.25, 0.3) is 0 Å². The van der Waals surface area contributed by atoms with E-state index in [0.717, 1.165) is 4.88 Å². The summed E-state index contributed by atoms with van der Waals surface area (Å²) < 4.78 is 0.692. The summed E-state index contributed by atoms with van der Waals surface area (Å²) in [4.78, 5) is 24.9. The van der Waals surface area contributed by atoms with Crippen LogP contribution in [0.3, 0.4) is 0 Å². The van der Waals surface area contributed by atoms with Crippen molar-refractivity contribution in [2.24, 2.45) is 5.73 Å². The number of rotatable bonds is 7. The molecule has 1 aromatic heterocycles. The Morgan fingerprint density at radius 3 is 2.79 bits per heavy atom. The van der Waals surface area contributed by atoms with Crippen LogP contribution in [-0.2, 0) is 16.1 Å². The number of carbonyl (C=O) groups is 2. The normalized spacial score (nSPS) is 12.2. The number of nitrogens with two attached hydrogens (primary N) is 1. The van der Waals surface area contributed by atoms with Crippen LogP contribution in [0, 0.1) is 0 Å². The summed E-state index contributed by atoms with van der Waals surface area (Å²) in [6.07, 6.45) is 0. The molecule has 8 heteroatoms. The van der Waals surface area contributed by atoms with Crippen molar-refractivity contribution < 1.29 is 14.7 Å². The minimum absolute atomic E-state index is 0.0629. The Morgan fingerprint density at radius 1 is 1.58 bits per heavy atom. The second-order valence-corrected chi connectivity index (χ2v) is 6.75. The number of carboxylic acids is 1. The Hall–Kier alpha value is -0.760. The summed E-state index contributed by atoms with van der Waals surface area (Å²) >= 11 is 8.47. The lowest BCUT2D eigenvalue weighted by molar-refractivity contribution is -0.138. The van der Waals surface area contributed by atoms with Gasteiger partial charge in [0.05, 0.1) is 16.6 Å². The maximum atomic E-state index is 11.8. The number of carbonyl (C=O) groups excluding carboxylic acids is 1. The third-order valence-corrected chi connectivity index (χ3v) is 4.55. The molecule has 5 nitrogen and oxygen atoms in total. The molecule has 1 amide bonds. The molecule has 0 aliphatic rings. The van der Waals surface area contributed by atoms with Crippen LogP contribution in [0.2, 0.25) is 4.34 Å². The van der Waals surface area contributed by atoms with E-state index in [1.165, 1.54) is 23.1 Å². The fourth-order valence-corrected chi connectivity index (χ4v) is 3.26. The number of nitrogens with zero attached hydrogens (tertiary/aromatic N) is 1. The number of halogens is 1. The van der Waals surface area contributed by atoms with Crippen molar-refractivity contribution >= 4 is 46.6 Å². The van der Waals surface area contributed by atoms with Gasteiger partial charge in [-0.2, -0.15) is 0 Å². The maximum absolute atomic E-state index is 11.8. The largest absolute Gasteiger partial charge is 0.480 e. The van der Waals surface area contributed by atoms with Gasteiger partial charge in [0, 0.05) is 17.7 Å². The molecule has 0 unspecified atom stereocenters. The van der Waals surface area contributed by atoms with Gasteiger partial charge in [-0.15, -0.1) is 23.1 Å². The highest BCUT2D eigenvalue weighted by atomic mass is 35.5. The van der Waals surface area contributed by atoms with E-state index in [4.69, 9.17) is 22.4 Å². The third-order valence-electron chi connectivity index (χ3n) is 2.29. The number of thioether (sulfide) groups is 1. The second kappa shape index (κ2) is 7.74. The molecule has 0 aliphatic heterocycles. The van der Waals surface area contributed by atoms with Gasteiger partial charge in [0.2, 0.25) is 5.91 Å². The molecule has 0 bridgehead atoms. The minimum atomic E-state index is -1.05. The molecule has 0 aromatic carbocycles. The van der Waals surface area contributed by atoms with Crippen molar-refractivity contribution in [1.82, 2.24) is 4.90 Å². The molecular weight excluding hydrogens is 308 g/mol. The van der Waals surface area contributed by atoms with Crippen LogP contribution >= 0.6 is 34.7 Å². The lowest BCUT2D eigenvalue weighted by atomic mass is 10.4. The van der Waals surface area contributed by atoms with Crippen LogP contribution in [0.25, 0.3) is 0 Å². The molecule has 3 N–H and O–H groups in total. The second-order valence-electron chi connectivity index (χ2n) is 3.92. The first-order valence-corrected chi connectivity index (χ1v) is 7.79. The van der Waals surface area contributed by atoms with E-state index in [9.17, 15) is 9.59 Å². The molecule has 1 aromatic rings. The van der Waals surface area contributed by atoms with Gasteiger partial charge < -0.3 is 15.7 Å². The van der Waals surface area contributed by atoms with Crippen LogP contribution < -0.4 is 5.73 Å². The van der Waals surface area contributed by atoms with Gasteiger partial charge in [-0.25, -0.2) is 0 Å². The fourth-order valence-electron chi connectivity index (χ4n) is 1.21. The smallest absolute Gasteiger partial charge is 0.321 e. The van der Waals surface area contributed by atoms with Gasteiger partial charge in [0.15, 0.2) is 0 Å². The van der Waals surface area contributed by atoms with Crippen molar-refractivity contribution in [2.45, 2.75) is 12.6 Å². The average Bonchev–Trinajstić information content (AvgIpc) is 2.74. The Kier molecular flexibility index (Phi) is 6.64. The van der Waals surface area contributed by atoms with Gasteiger partial charge >= 0.3 is 5.97 Å². The van der Waals surface area contributed by atoms with Gasteiger partial charge in [-0.1, -0.05) is 11.6 Å². The first-order valence-electron chi connectivity index (χ1n) is 5.44. The average molecular weight is 323 g/mol.